The predicted molar refractivity (Wildman–Crippen MR) is 58.2 cm³/mol. The third kappa shape index (κ3) is 3.32. The molecule has 16 heavy (non-hydrogen) atoms. The summed E-state index contributed by atoms with van der Waals surface area (Å²) in [6.07, 6.45) is 0.419. The Bertz CT molecular complexity index is 481. The predicted octanol–water partition coefficient (Wildman–Crippen LogP) is 0.440. The summed E-state index contributed by atoms with van der Waals surface area (Å²) in [7, 11) is -2.45. The average Bonchev–Trinajstić information content (AvgIpc) is 2.25. The molecule has 0 saturated carbocycles. The number of carbonyl (C=O) groups excluding carboxylic acids is 1. The molecule has 0 bridgehead atoms. The van der Waals surface area contributed by atoms with E-state index in [0.717, 1.165) is 0 Å². The molecular formula is C10H13NO4S. The van der Waals surface area contributed by atoms with Gasteiger partial charge in [0.05, 0.1) is 12.0 Å². The van der Waals surface area contributed by atoms with Crippen LogP contribution in [0.1, 0.15) is 12.0 Å². The van der Waals surface area contributed by atoms with Crippen molar-refractivity contribution in [3.8, 4) is 0 Å². The van der Waals surface area contributed by atoms with Crippen LogP contribution < -0.4 is 5.14 Å². The number of hydrogen-bond donors (Lipinski definition) is 1. The highest BCUT2D eigenvalue weighted by Gasteiger charge is 2.13. The van der Waals surface area contributed by atoms with Crippen LogP contribution in [0.2, 0.25) is 0 Å². The molecule has 0 amide bonds. The van der Waals surface area contributed by atoms with Gasteiger partial charge in [-0.3, -0.25) is 4.79 Å². The van der Waals surface area contributed by atoms with Gasteiger partial charge in [-0.25, -0.2) is 13.6 Å². The highest BCUT2D eigenvalue weighted by molar-refractivity contribution is 7.89. The summed E-state index contributed by atoms with van der Waals surface area (Å²) in [6.45, 7) is 0. The molecule has 0 heterocycles. The SMILES string of the molecule is COC(=O)CCc1ccccc1S(N)(=O)=O. The van der Waals surface area contributed by atoms with Crippen LogP contribution in [0, 0.1) is 0 Å². The Morgan fingerprint density at radius 3 is 2.56 bits per heavy atom. The molecule has 88 valence electrons. The average molecular weight is 243 g/mol. The number of methoxy groups -OCH3 is 1. The summed E-state index contributed by atoms with van der Waals surface area (Å²) in [6, 6.07) is 6.33. The van der Waals surface area contributed by atoms with E-state index in [4.69, 9.17) is 5.14 Å². The Hall–Kier alpha value is -1.40. The van der Waals surface area contributed by atoms with Crippen molar-refractivity contribution in [1.29, 1.82) is 0 Å². The van der Waals surface area contributed by atoms with E-state index in [1.54, 1.807) is 18.2 Å². The van der Waals surface area contributed by atoms with E-state index in [-0.39, 0.29) is 17.3 Å². The minimum absolute atomic E-state index is 0.0545. The molecule has 0 fully saturated rings. The summed E-state index contributed by atoms with van der Waals surface area (Å²) < 4.78 is 26.9. The summed E-state index contributed by atoms with van der Waals surface area (Å²) in [4.78, 5) is 11.0. The van der Waals surface area contributed by atoms with Crippen LogP contribution in [0.5, 0.6) is 0 Å². The van der Waals surface area contributed by atoms with Crippen molar-refractivity contribution in [2.45, 2.75) is 17.7 Å². The molecule has 1 aromatic carbocycles. The molecular weight excluding hydrogens is 230 g/mol. The van der Waals surface area contributed by atoms with E-state index in [1.165, 1.54) is 13.2 Å². The van der Waals surface area contributed by atoms with Crippen LogP contribution in [0.4, 0.5) is 0 Å². The Labute approximate surface area is 94.3 Å². The third-order valence-electron chi connectivity index (χ3n) is 2.11. The van der Waals surface area contributed by atoms with Crippen molar-refractivity contribution in [1.82, 2.24) is 0 Å². The van der Waals surface area contributed by atoms with E-state index >= 15 is 0 Å². The molecule has 0 radical (unpaired) electrons. The number of aryl methyl sites for hydroxylation is 1. The largest absolute Gasteiger partial charge is 0.469 e. The highest BCUT2D eigenvalue weighted by atomic mass is 32.2. The van der Waals surface area contributed by atoms with Crippen LogP contribution in [0.25, 0.3) is 0 Å². The Morgan fingerprint density at radius 1 is 1.38 bits per heavy atom. The zero-order chi connectivity index (χ0) is 12.2. The molecule has 0 aromatic heterocycles. The summed E-state index contributed by atoms with van der Waals surface area (Å²) in [5, 5.41) is 5.05. The van der Waals surface area contributed by atoms with Gasteiger partial charge in [0.15, 0.2) is 0 Å². The lowest BCUT2D eigenvalue weighted by molar-refractivity contribution is -0.140. The highest BCUT2D eigenvalue weighted by Crippen LogP contribution is 2.15. The van der Waals surface area contributed by atoms with Crippen LogP contribution in [-0.4, -0.2) is 21.5 Å². The van der Waals surface area contributed by atoms with Gasteiger partial charge in [0, 0.05) is 6.42 Å². The van der Waals surface area contributed by atoms with Crippen LogP contribution in [-0.2, 0) is 26.0 Å². The third-order valence-corrected chi connectivity index (χ3v) is 3.12. The second kappa shape index (κ2) is 5.09. The first kappa shape index (κ1) is 12.7. The summed E-state index contributed by atoms with van der Waals surface area (Å²) in [5.74, 6) is -0.385. The van der Waals surface area contributed by atoms with Gasteiger partial charge in [-0.1, -0.05) is 18.2 Å². The first-order valence-electron chi connectivity index (χ1n) is 4.62. The number of esters is 1. The normalized spacial score (nSPS) is 11.1. The number of hydrogen-bond acceptors (Lipinski definition) is 4. The topological polar surface area (TPSA) is 86.5 Å². The van der Waals surface area contributed by atoms with Crippen molar-refractivity contribution in [2.75, 3.05) is 7.11 Å². The fourth-order valence-corrected chi connectivity index (χ4v) is 2.13. The van der Waals surface area contributed by atoms with E-state index < -0.39 is 10.0 Å². The molecule has 0 aliphatic carbocycles. The zero-order valence-electron chi connectivity index (χ0n) is 8.84. The molecule has 1 aromatic rings. The molecule has 0 aliphatic rings. The van der Waals surface area contributed by atoms with Crippen LogP contribution >= 0.6 is 0 Å². The maximum Gasteiger partial charge on any atom is 0.305 e. The molecule has 0 unspecified atom stereocenters. The molecule has 1 rings (SSSR count). The first-order chi connectivity index (χ1) is 7.45. The van der Waals surface area contributed by atoms with Gasteiger partial charge in [0.1, 0.15) is 0 Å². The number of carbonyl (C=O) groups is 1. The lowest BCUT2D eigenvalue weighted by Gasteiger charge is -2.06. The monoisotopic (exact) mass is 243 g/mol. The first-order valence-corrected chi connectivity index (χ1v) is 6.17. The molecule has 0 atom stereocenters. The minimum Gasteiger partial charge on any atom is -0.469 e. The van der Waals surface area contributed by atoms with Crippen molar-refractivity contribution in [2.24, 2.45) is 5.14 Å². The summed E-state index contributed by atoms with van der Waals surface area (Å²) >= 11 is 0. The second-order valence-corrected chi connectivity index (χ2v) is 4.76. The Balaban J connectivity index is 2.93. The van der Waals surface area contributed by atoms with Gasteiger partial charge in [0.2, 0.25) is 10.0 Å². The van der Waals surface area contributed by atoms with Crippen molar-refractivity contribution in [3.63, 3.8) is 0 Å². The number of ether oxygens (including phenoxy) is 1. The molecule has 0 spiro atoms. The molecule has 5 nitrogen and oxygen atoms in total. The van der Waals surface area contributed by atoms with E-state index in [0.29, 0.717) is 12.0 Å². The van der Waals surface area contributed by atoms with E-state index in [2.05, 4.69) is 4.74 Å². The fraction of sp³-hybridized carbons (Fsp3) is 0.300. The van der Waals surface area contributed by atoms with Gasteiger partial charge in [-0.15, -0.1) is 0 Å². The maximum absolute atomic E-state index is 11.2. The quantitative estimate of drug-likeness (QED) is 0.777. The minimum atomic E-state index is -3.74. The lowest BCUT2D eigenvalue weighted by Crippen LogP contribution is -2.15. The standard InChI is InChI=1S/C10H13NO4S/c1-15-10(12)7-6-8-4-2-3-5-9(8)16(11,13)14/h2-5H,6-7H2,1H3,(H2,11,13,14). The number of benzene rings is 1. The number of nitrogens with two attached hydrogens (primary N) is 1. The maximum atomic E-state index is 11.2. The summed E-state index contributed by atoms with van der Waals surface area (Å²) in [5.41, 5.74) is 0.524. The zero-order valence-corrected chi connectivity index (χ0v) is 9.66. The van der Waals surface area contributed by atoms with Crippen LogP contribution in [0.3, 0.4) is 0 Å². The number of primary sulfonamides is 1. The Morgan fingerprint density at radius 2 is 2.00 bits per heavy atom. The number of rotatable bonds is 4. The van der Waals surface area contributed by atoms with Crippen LogP contribution in [0.15, 0.2) is 29.2 Å². The molecule has 0 saturated heterocycles. The van der Waals surface area contributed by atoms with E-state index in [9.17, 15) is 13.2 Å². The van der Waals surface area contributed by atoms with Crippen molar-refractivity contribution >= 4 is 16.0 Å². The number of sulfonamides is 1. The van der Waals surface area contributed by atoms with Gasteiger partial charge >= 0.3 is 5.97 Å². The van der Waals surface area contributed by atoms with E-state index in [1.807, 2.05) is 0 Å². The van der Waals surface area contributed by atoms with Gasteiger partial charge < -0.3 is 4.74 Å². The fourth-order valence-electron chi connectivity index (χ4n) is 1.33. The van der Waals surface area contributed by atoms with Gasteiger partial charge in [-0.2, -0.15) is 0 Å². The Kier molecular flexibility index (Phi) is 4.03. The van der Waals surface area contributed by atoms with Crippen molar-refractivity contribution < 1.29 is 17.9 Å². The van der Waals surface area contributed by atoms with Gasteiger partial charge in [0.25, 0.3) is 0 Å². The second-order valence-electron chi connectivity index (χ2n) is 3.23. The van der Waals surface area contributed by atoms with Crippen molar-refractivity contribution in [3.05, 3.63) is 29.8 Å². The molecule has 2 N–H and O–H groups in total. The van der Waals surface area contributed by atoms with Gasteiger partial charge in [-0.05, 0) is 18.1 Å². The molecule has 6 heteroatoms. The lowest BCUT2D eigenvalue weighted by atomic mass is 10.1. The molecule has 0 aliphatic heterocycles. The smallest absolute Gasteiger partial charge is 0.305 e.